The summed E-state index contributed by atoms with van der Waals surface area (Å²) in [5.41, 5.74) is 4.19. The van der Waals surface area contributed by atoms with Gasteiger partial charge in [-0.05, 0) is 42.0 Å². The number of aryl methyl sites for hydroxylation is 1. The highest BCUT2D eigenvalue weighted by Crippen LogP contribution is 2.29. The number of anilines is 1. The number of rotatable bonds is 3. The molecule has 0 N–H and O–H groups in total. The Balaban J connectivity index is 2.17. The maximum Gasteiger partial charge on any atom is 0.207 e. The Morgan fingerprint density at radius 1 is 1.45 bits per heavy atom. The van der Waals surface area contributed by atoms with Crippen molar-refractivity contribution < 1.29 is 4.74 Å². The molecule has 3 nitrogen and oxygen atoms in total. The molecule has 0 saturated heterocycles. The van der Waals surface area contributed by atoms with Crippen LogP contribution < -0.4 is 4.90 Å². The number of nitrogens with zero attached hydrogens (tertiary/aromatic N) is 2. The minimum atomic E-state index is 0.361. The highest BCUT2D eigenvalue weighted by Gasteiger charge is 2.14. The van der Waals surface area contributed by atoms with Crippen LogP contribution in [0.4, 0.5) is 5.69 Å². The molecule has 1 atom stereocenters. The number of fused-ring (bicyclic) bond motifs is 1. The van der Waals surface area contributed by atoms with Crippen molar-refractivity contribution in [2.24, 2.45) is 4.99 Å². The van der Waals surface area contributed by atoms with Crippen LogP contribution >= 0.6 is 0 Å². The second-order valence-corrected chi connectivity index (χ2v) is 5.33. The lowest BCUT2D eigenvalue weighted by Crippen LogP contribution is -2.24. The Morgan fingerprint density at radius 3 is 2.95 bits per heavy atom. The fourth-order valence-corrected chi connectivity index (χ4v) is 2.66. The first-order valence-corrected chi connectivity index (χ1v) is 7.18. The third kappa shape index (κ3) is 3.21. The predicted octanol–water partition coefficient (Wildman–Crippen LogP) is 3.40. The summed E-state index contributed by atoms with van der Waals surface area (Å²) in [6.45, 7) is 3.36. The highest BCUT2D eigenvalue weighted by atomic mass is 16.5. The summed E-state index contributed by atoms with van der Waals surface area (Å²) in [7, 11) is 5.55. The molecule has 20 heavy (non-hydrogen) atoms. The van der Waals surface area contributed by atoms with Crippen molar-refractivity contribution in [2.75, 3.05) is 32.6 Å². The van der Waals surface area contributed by atoms with Gasteiger partial charge in [-0.25, -0.2) is 0 Å². The second-order valence-electron chi connectivity index (χ2n) is 5.33. The van der Waals surface area contributed by atoms with Crippen LogP contribution in [0.1, 0.15) is 30.4 Å². The molecule has 1 aromatic rings. The largest absolute Gasteiger partial charge is 0.481 e. The SMILES string of the molecule is CN=C(/C=C\C(C)c1ccc2c(c1)CCCN2C)OC. The van der Waals surface area contributed by atoms with Gasteiger partial charge in [0.15, 0.2) is 0 Å². The van der Waals surface area contributed by atoms with Gasteiger partial charge in [-0.3, -0.25) is 4.99 Å². The third-order valence-electron chi connectivity index (χ3n) is 3.94. The van der Waals surface area contributed by atoms with E-state index >= 15 is 0 Å². The van der Waals surface area contributed by atoms with Crippen LogP contribution in [-0.2, 0) is 11.2 Å². The summed E-state index contributed by atoms with van der Waals surface area (Å²) in [6.07, 6.45) is 6.51. The minimum Gasteiger partial charge on any atom is -0.481 e. The van der Waals surface area contributed by atoms with E-state index in [1.165, 1.54) is 29.7 Å². The molecule has 2 rings (SSSR count). The van der Waals surface area contributed by atoms with Gasteiger partial charge in [-0.2, -0.15) is 0 Å². The van der Waals surface area contributed by atoms with E-state index in [0.717, 1.165) is 6.54 Å². The molecule has 0 radical (unpaired) electrons. The summed E-state index contributed by atoms with van der Waals surface area (Å²) in [4.78, 5) is 6.40. The van der Waals surface area contributed by atoms with E-state index < -0.39 is 0 Å². The molecule has 1 aromatic carbocycles. The van der Waals surface area contributed by atoms with Crippen molar-refractivity contribution in [3.05, 3.63) is 41.5 Å². The highest BCUT2D eigenvalue weighted by molar-refractivity contribution is 5.87. The van der Waals surface area contributed by atoms with Crippen molar-refractivity contribution in [3.63, 3.8) is 0 Å². The zero-order valence-corrected chi connectivity index (χ0v) is 12.9. The van der Waals surface area contributed by atoms with Gasteiger partial charge in [0.05, 0.1) is 7.11 Å². The predicted molar refractivity (Wildman–Crippen MR) is 86.0 cm³/mol. The maximum absolute atomic E-state index is 5.15. The lowest BCUT2D eigenvalue weighted by Gasteiger charge is -2.28. The summed E-state index contributed by atoms with van der Waals surface area (Å²) < 4.78 is 5.15. The molecule has 1 unspecified atom stereocenters. The Hall–Kier alpha value is -1.77. The first kappa shape index (κ1) is 14.6. The van der Waals surface area contributed by atoms with E-state index in [2.05, 4.69) is 48.1 Å². The number of aliphatic imine (C=N–C) groups is 1. The number of allylic oxidation sites excluding steroid dienone is 1. The summed E-state index contributed by atoms with van der Waals surface area (Å²) >= 11 is 0. The zero-order chi connectivity index (χ0) is 14.5. The Morgan fingerprint density at radius 2 is 2.25 bits per heavy atom. The Labute approximate surface area is 122 Å². The molecule has 0 aliphatic carbocycles. The van der Waals surface area contributed by atoms with Crippen LogP contribution in [0.15, 0.2) is 35.3 Å². The molecule has 108 valence electrons. The Kier molecular flexibility index (Phi) is 4.83. The van der Waals surface area contributed by atoms with Crippen LogP contribution in [0.3, 0.4) is 0 Å². The zero-order valence-electron chi connectivity index (χ0n) is 12.9. The molecular weight excluding hydrogens is 248 g/mol. The van der Waals surface area contributed by atoms with Crippen molar-refractivity contribution in [3.8, 4) is 0 Å². The van der Waals surface area contributed by atoms with Gasteiger partial charge in [-0.1, -0.05) is 25.1 Å². The fourth-order valence-electron chi connectivity index (χ4n) is 2.66. The van der Waals surface area contributed by atoms with Gasteiger partial charge in [0.1, 0.15) is 0 Å². The van der Waals surface area contributed by atoms with Crippen LogP contribution in [0, 0.1) is 0 Å². The van der Waals surface area contributed by atoms with E-state index in [9.17, 15) is 0 Å². The number of hydrogen-bond acceptors (Lipinski definition) is 3. The van der Waals surface area contributed by atoms with Gasteiger partial charge in [0.25, 0.3) is 0 Å². The Bertz CT molecular complexity index is 520. The summed E-state index contributed by atoms with van der Waals surface area (Å²) in [6, 6.07) is 6.82. The molecule has 1 aliphatic heterocycles. The van der Waals surface area contributed by atoms with Gasteiger partial charge in [0.2, 0.25) is 5.90 Å². The standard InChI is InChI=1S/C17H24N2O/c1-13(7-10-17(18-2)20-4)14-8-9-16-15(12-14)6-5-11-19(16)3/h7-10,12-13H,5-6,11H2,1-4H3/b10-7-,18-17?. The third-order valence-corrected chi connectivity index (χ3v) is 3.94. The average molecular weight is 272 g/mol. The molecule has 1 heterocycles. The number of hydrogen-bond donors (Lipinski definition) is 0. The van der Waals surface area contributed by atoms with Gasteiger partial charge in [0, 0.05) is 26.3 Å². The fraction of sp³-hybridized carbons (Fsp3) is 0.471. The molecule has 0 fully saturated rings. The quantitative estimate of drug-likeness (QED) is 0.622. The van der Waals surface area contributed by atoms with Crippen LogP contribution in [0.25, 0.3) is 0 Å². The van der Waals surface area contributed by atoms with Gasteiger partial charge in [-0.15, -0.1) is 0 Å². The molecule has 0 amide bonds. The van der Waals surface area contributed by atoms with E-state index in [0.29, 0.717) is 11.8 Å². The smallest absolute Gasteiger partial charge is 0.207 e. The van der Waals surface area contributed by atoms with Crippen LogP contribution in [-0.4, -0.2) is 33.6 Å². The molecule has 1 aliphatic rings. The lowest BCUT2D eigenvalue weighted by atomic mass is 9.94. The van der Waals surface area contributed by atoms with Crippen LogP contribution in [0.2, 0.25) is 0 Å². The van der Waals surface area contributed by atoms with Gasteiger partial charge >= 0.3 is 0 Å². The number of ether oxygens (including phenoxy) is 1. The monoisotopic (exact) mass is 272 g/mol. The van der Waals surface area contributed by atoms with Crippen molar-refractivity contribution in [2.45, 2.75) is 25.7 Å². The lowest BCUT2D eigenvalue weighted by molar-refractivity contribution is 0.406. The second kappa shape index (κ2) is 6.60. The van der Waals surface area contributed by atoms with Crippen LogP contribution in [0.5, 0.6) is 0 Å². The molecule has 3 heteroatoms. The average Bonchev–Trinajstić information content (AvgIpc) is 2.48. The van der Waals surface area contributed by atoms with E-state index in [1.54, 1.807) is 14.2 Å². The minimum absolute atomic E-state index is 0.361. The first-order valence-electron chi connectivity index (χ1n) is 7.18. The molecule has 0 saturated carbocycles. The molecule has 0 spiro atoms. The van der Waals surface area contributed by atoms with E-state index in [1.807, 2.05) is 6.08 Å². The van der Waals surface area contributed by atoms with Crippen molar-refractivity contribution in [1.29, 1.82) is 0 Å². The molecule has 0 aromatic heterocycles. The summed E-state index contributed by atoms with van der Waals surface area (Å²) in [5.74, 6) is 1.02. The number of methoxy groups -OCH3 is 1. The normalized spacial score (nSPS) is 17.2. The number of benzene rings is 1. The first-order chi connectivity index (χ1) is 9.65. The van der Waals surface area contributed by atoms with E-state index in [4.69, 9.17) is 4.74 Å². The molecule has 0 bridgehead atoms. The van der Waals surface area contributed by atoms with Crippen molar-refractivity contribution in [1.82, 2.24) is 0 Å². The van der Waals surface area contributed by atoms with E-state index in [-0.39, 0.29) is 0 Å². The summed E-state index contributed by atoms with van der Waals surface area (Å²) in [5, 5.41) is 0. The molecular formula is C17H24N2O. The van der Waals surface area contributed by atoms with Crippen molar-refractivity contribution >= 4 is 11.6 Å². The van der Waals surface area contributed by atoms with Gasteiger partial charge < -0.3 is 9.64 Å². The topological polar surface area (TPSA) is 24.8 Å². The maximum atomic E-state index is 5.15.